The third-order valence-corrected chi connectivity index (χ3v) is 5.80. The Hall–Kier alpha value is -3.07. The number of amides is 2. The van der Waals surface area contributed by atoms with Crippen LogP contribution in [0.25, 0.3) is 33.0 Å². The number of carbonyl (C=O) groups is 2. The van der Waals surface area contributed by atoms with Gasteiger partial charge in [0.25, 0.3) is 11.8 Å². The fraction of sp³-hybridized carbons (Fsp3) is 0.0909. The van der Waals surface area contributed by atoms with Crippen molar-refractivity contribution in [3.63, 3.8) is 0 Å². The summed E-state index contributed by atoms with van der Waals surface area (Å²) in [6.07, 6.45) is 1.87. The first-order chi connectivity index (χ1) is 14.0. The molecule has 5 rings (SSSR count). The average molecular weight is 498 g/mol. The molecule has 4 aromatic rings. The van der Waals surface area contributed by atoms with E-state index in [1.807, 2.05) is 48.1 Å². The van der Waals surface area contributed by atoms with Crippen LogP contribution in [0.15, 0.2) is 53.1 Å². The number of benzene rings is 2. The highest BCUT2D eigenvalue weighted by molar-refractivity contribution is 14.1. The quantitative estimate of drug-likeness (QED) is 0.341. The molecule has 1 aliphatic heterocycles. The maximum absolute atomic E-state index is 12.8. The molecule has 2 amide bonds. The number of nitrogens with zero attached hydrogens (tertiary/aromatic N) is 1. The minimum Gasteiger partial charge on any atom is -0.497 e. The molecule has 7 heteroatoms. The SMILES string of the molecule is COc1ccc2cc(C3=C(c4cn(C)c5ccc(I)cc45)C(=O)NC3=O)oc2c1. The van der Waals surface area contributed by atoms with Gasteiger partial charge in [0, 0.05) is 44.7 Å². The zero-order valence-electron chi connectivity index (χ0n) is 15.6. The third kappa shape index (κ3) is 2.76. The minimum absolute atomic E-state index is 0.247. The zero-order valence-corrected chi connectivity index (χ0v) is 17.7. The number of rotatable bonds is 3. The van der Waals surface area contributed by atoms with Gasteiger partial charge in [-0.1, -0.05) is 0 Å². The fourth-order valence-corrected chi connectivity index (χ4v) is 4.26. The molecule has 6 nitrogen and oxygen atoms in total. The van der Waals surface area contributed by atoms with Crippen LogP contribution in [-0.4, -0.2) is 23.5 Å². The second-order valence-corrected chi connectivity index (χ2v) is 8.11. The van der Waals surface area contributed by atoms with Gasteiger partial charge in [0.2, 0.25) is 0 Å². The lowest BCUT2D eigenvalue weighted by Crippen LogP contribution is -2.22. The number of halogens is 1. The molecule has 3 heterocycles. The molecule has 0 unspecified atom stereocenters. The van der Waals surface area contributed by atoms with E-state index in [0.717, 1.165) is 19.9 Å². The Labute approximate surface area is 179 Å². The Morgan fingerprint density at radius 2 is 1.83 bits per heavy atom. The minimum atomic E-state index is -0.460. The number of furan rings is 1. The summed E-state index contributed by atoms with van der Waals surface area (Å²) >= 11 is 2.24. The van der Waals surface area contributed by atoms with E-state index in [2.05, 4.69) is 27.9 Å². The van der Waals surface area contributed by atoms with Crippen molar-refractivity contribution in [3.8, 4) is 5.75 Å². The van der Waals surface area contributed by atoms with Gasteiger partial charge in [-0.25, -0.2) is 0 Å². The molecule has 0 saturated carbocycles. The summed E-state index contributed by atoms with van der Waals surface area (Å²) < 4.78 is 14.2. The molecule has 0 radical (unpaired) electrons. The van der Waals surface area contributed by atoms with E-state index in [1.54, 1.807) is 19.2 Å². The van der Waals surface area contributed by atoms with E-state index in [-0.39, 0.29) is 5.57 Å². The van der Waals surface area contributed by atoms with Crippen LogP contribution in [0.3, 0.4) is 0 Å². The first kappa shape index (κ1) is 18.0. The Kier molecular flexibility index (Phi) is 4.02. The molecular weight excluding hydrogens is 483 g/mol. The van der Waals surface area contributed by atoms with Crippen molar-refractivity contribution < 1.29 is 18.7 Å². The van der Waals surface area contributed by atoms with Gasteiger partial charge in [0.15, 0.2) is 0 Å². The van der Waals surface area contributed by atoms with Gasteiger partial charge in [0.1, 0.15) is 17.1 Å². The van der Waals surface area contributed by atoms with Gasteiger partial charge in [-0.3, -0.25) is 14.9 Å². The van der Waals surface area contributed by atoms with Gasteiger partial charge in [-0.2, -0.15) is 0 Å². The predicted molar refractivity (Wildman–Crippen MR) is 118 cm³/mol. The van der Waals surface area contributed by atoms with E-state index in [4.69, 9.17) is 9.15 Å². The molecule has 0 bridgehead atoms. The molecule has 0 atom stereocenters. The molecule has 29 heavy (non-hydrogen) atoms. The number of aromatic nitrogens is 1. The summed E-state index contributed by atoms with van der Waals surface area (Å²) in [6, 6.07) is 13.2. The number of nitrogens with one attached hydrogen (secondary N) is 1. The maximum Gasteiger partial charge on any atom is 0.262 e. The lowest BCUT2D eigenvalue weighted by atomic mass is 9.99. The molecule has 2 aromatic heterocycles. The van der Waals surface area contributed by atoms with Crippen LogP contribution in [0.1, 0.15) is 11.3 Å². The molecule has 0 aliphatic carbocycles. The first-order valence-corrected chi connectivity index (χ1v) is 9.97. The van der Waals surface area contributed by atoms with Crippen molar-refractivity contribution in [2.75, 3.05) is 7.11 Å². The summed E-state index contributed by atoms with van der Waals surface area (Å²) in [5, 5.41) is 4.16. The van der Waals surface area contributed by atoms with Crippen LogP contribution >= 0.6 is 22.6 Å². The second-order valence-electron chi connectivity index (χ2n) is 6.86. The highest BCUT2D eigenvalue weighted by Gasteiger charge is 2.35. The molecule has 144 valence electrons. The molecule has 2 aromatic carbocycles. The second kappa shape index (κ2) is 6.48. The molecule has 0 spiro atoms. The number of carbonyl (C=O) groups excluding carboxylic acids is 2. The number of aryl methyl sites for hydroxylation is 1. The van der Waals surface area contributed by atoms with Gasteiger partial charge in [0.05, 0.1) is 18.3 Å². The predicted octanol–water partition coefficient (Wildman–Crippen LogP) is 4.10. The summed E-state index contributed by atoms with van der Waals surface area (Å²) in [5.74, 6) is 0.130. The monoisotopic (exact) mass is 498 g/mol. The number of imide groups is 1. The highest BCUT2D eigenvalue weighted by Crippen LogP contribution is 2.38. The van der Waals surface area contributed by atoms with Crippen LogP contribution < -0.4 is 10.1 Å². The lowest BCUT2D eigenvalue weighted by molar-refractivity contribution is -0.122. The van der Waals surface area contributed by atoms with Crippen molar-refractivity contribution in [1.82, 2.24) is 9.88 Å². The Morgan fingerprint density at radius 3 is 2.62 bits per heavy atom. The van der Waals surface area contributed by atoms with E-state index in [9.17, 15) is 9.59 Å². The summed E-state index contributed by atoms with van der Waals surface area (Å²) in [7, 11) is 3.50. The number of hydrogen-bond acceptors (Lipinski definition) is 4. The standard InChI is InChI=1S/C22H15IN2O4/c1-25-10-15(14-8-12(23)4-6-16(14)25)19-20(22(27)24-21(19)26)18-7-11-3-5-13(28-2)9-17(11)29-18/h3-10H,1-2H3,(H,24,26,27). The van der Waals surface area contributed by atoms with E-state index in [0.29, 0.717) is 28.2 Å². The Morgan fingerprint density at radius 1 is 1.03 bits per heavy atom. The number of ether oxygens (including phenoxy) is 1. The summed E-state index contributed by atoms with van der Waals surface area (Å²) in [5.41, 5.74) is 2.85. The molecule has 0 fully saturated rings. The first-order valence-electron chi connectivity index (χ1n) is 8.89. The van der Waals surface area contributed by atoms with Crippen LogP contribution in [-0.2, 0) is 16.6 Å². The number of fused-ring (bicyclic) bond motifs is 2. The summed E-state index contributed by atoms with van der Waals surface area (Å²) in [4.78, 5) is 25.5. The van der Waals surface area contributed by atoms with Crippen molar-refractivity contribution in [2.45, 2.75) is 0 Å². The summed E-state index contributed by atoms with van der Waals surface area (Å²) in [6.45, 7) is 0. The van der Waals surface area contributed by atoms with E-state index in [1.165, 1.54) is 0 Å². The maximum atomic E-state index is 12.8. The van der Waals surface area contributed by atoms with Crippen molar-refractivity contribution >= 4 is 67.4 Å². The van der Waals surface area contributed by atoms with Crippen LogP contribution in [0.4, 0.5) is 0 Å². The van der Waals surface area contributed by atoms with Crippen molar-refractivity contribution in [2.24, 2.45) is 7.05 Å². The van der Waals surface area contributed by atoms with Crippen molar-refractivity contribution in [3.05, 3.63) is 63.6 Å². The lowest BCUT2D eigenvalue weighted by Gasteiger charge is -2.01. The molecular formula is C22H15IN2O4. The fourth-order valence-electron chi connectivity index (χ4n) is 3.77. The van der Waals surface area contributed by atoms with Gasteiger partial charge in [-0.15, -0.1) is 0 Å². The van der Waals surface area contributed by atoms with Crippen LogP contribution in [0.2, 0.25) is 0 Å². The largest absolute Gasteiger partial charge is 0.497 e. The number of hydrogen-bond donors (Lipinski definition) is 1. The van der Waals surface area contributed by atoms with E-state index >= 15 is 0 Å². The van der Waals surface area contributed by atoms with Gasteiger partial charge < -0.3 is 13.7 Å². The topological polar surface area (TPSA) is 73.5 Å². The molecule has 1 N–H and O–H groups in total. The smallest absolute Gasteiger partial charge is 0.262 e. The Balaban J connectivity index is 1.79. The Bertz CT molecular complexity index is 1380. The average Bonchev–Trinajstić information content (AvgIpc) is 3.33. The van der Waals surface area contributed by atoms with E-state index < -0.39 is 11.8 Å². The normalized spacial score (nSPS) is 14.3. The zero-order chi connectivity index (χ0) is 20.3. The van der Waals surface area contributed by atoms with Gasteiger partial charge >= 0.3 is 0 Å². The number of methoxy groups -OCH3 is 1. The highest BCUT2D eigenvalue weighted by atomic mass is 127. The van der Waals surface area contributed by atoms with Gasteiger partial charge in [-0.05, 0) is 59.0 Å². The molecule has 1 aliphatic rings. The van der Waals surface area contributed by atoms with Crippen LogP contribution in [0.5, 0.6) is 5.75 Å². The molecule has 0 saturated heterocycles. The van der Waals surface area contributed by atoms with Crippen molar-refractivity contribution in [1.29, 1.82) is 0 Å². The van der Waals surface area contributed by atoms with Crippen LogP contribution in [0, 0.1) is 3.57 Å². The third-order valence-electron chi connectivity index (χ3n) is 5.13.